The zero-order valence-electron chi connectivity index (χ0n) is 11.1. The maximum atomic E-state index is 12.4. The molecule has 1 saturated heterocycles. The van der Waals surface area contributed by atoms with Gasteiger partial charge in [0.15, 0.2) is 5.75 Å². The zero-order valence-corrected chi connectivity index (χ0v) is 11.9. The van der Waals surface area contributed by atoms with E-state index < -0.39 is 0 Å². The number of halogens is 1. The Hall–Kier alpha value is -1.46. The van der Waals surface area contributed by atoms with Gasteiger partial charge in [-0.05, 0) is 19.2 Å². The van der Waals surface area contributed by atoms with E-state index in [1.807, 2.05) is 7.05 Å². The molecule has 0 aromatic heterocycles. The number of nitrogens with two attached hydrogens (primary N) is 1. The molecule has 0 atom stereocenters. The number of methoxy groups -OCH3 is 1. The molecule has 1 fully saturated rings. The molecular formula is C13H18ClN3O2. The molecule has 1 heterocycles. The van der Waals surface area contributed by atoms with Crippen molar-refractivity contribution in [3.05, 3.63) is 22.7 Å². The Morgan fingerprint density at radius 3 is 2.53 bits per heavy atom. The minimum atomic E-state index is -0.0728. The average Bonchev–Trinajstić information content (AvgIpc) is 2.39. The van der Waals surface area contributed by atoms with Crippen LogP contribution in [0.3, 0.4) is 0 Å². The molecule has 1 aliphatic rings. The van der Waals surface area contributed by atoms with Gasteiger partial charge < -0.3 is 20.3 Å². The molecule has 19 heavy (non-hydrogen) atoms. The lowest BCUT2D eigenvalue weighted by atomic mass is 10.1. The number of hydrogen-bond donors (Lipinski definition) is 1. The summed E-state index contributed by atoms with van der Waals surface area (Å²) in [6, 6.07) is 3.30. The second-order valence-corrected chi connectivity index (χ2v) is 5.02. The highest BCUT2D eigenvalue weighted by molar-refractivity contribution is 6.35. The number of likely N-dealkylation sites (N-methyl/N-ethyl adjacent to an activating group) is 1. The fraction of sp³-hybridized carbons (Fsp3) is 0.462. The van der Waals surface area contributed by atoms with Crippen LogP contribution in [-0.4, -0.2) is 56.0 Å². The number of nitrogen functional groups attached to an aromatic ring is 1. The number of nitrogens with zero attached hydrogens (tertiary/aromatic N) is 2. The first-order valence-electron chi connectivity index (χ1n) is 6.14. The fourth-order valence-corrected chi connectivity index (χ4v) is 2.45. The van der Waals surface area contributed by atoms with Crippen LogP contribution in [-0.2, 0) is 0 Å². The maximum absolute atomic E-state index is 12.4. The molecule has 0 bridgehead atoms. The zero-order chi connectivity index (χ0) is 14.0. The summed E-state index contributed by atoms with van der Waals surface area (Å²) in [6.45, 7) is 3.15. The number of benzene rings is 1. The molecule has 0 saturated carbocycles. The summed E-state index contributed by atoms with van der Waals surface area (Å²) in [5.74, 6) is 0.290. The van der Waals surface area contributed by atoms with Crippen LogP contribution in [0.1, 0.15) is 10.4 Å². The molecule has 0 aliphatic carbocycles. The van der Waals surface area contributed by atoms with E-state index in [0.717, 1.165) is 13.1 Å². The molecule has 1 aromatic carbocycles. The lowest BCUT2D eigenvalue weighted by Crippen LogP contribution is -2.47. The first-order chi connectivity index (χ1) is 9.04. The Labute approximate surface area is 117 Å². The Bertz CT molecular complexity index is 485. The predicted octanol–water partition coefficient (Wildman–Crippen LogP) is 1.32. The Balaban J connectivity index is 2.24. The van der Waals surface area contributed by atoms with E-state index >= 15 is 0 Å². The van der Waals surface area contributed by atoms with Crippen LogP contribution in [0.4, 0.5) is 5.69 Å². The molecule has 2 N–H and O–H groups in total. The third-order valence-electron chi connectivity index (χ3n) is 3.35. The quantitative estimate of drug-likeness (QED) is 0.832. The lowest BCUT2D eigenvalue weighted by molar-refractivity contribution is 0.0664. The third-order valence-corrected chi connectivity index (χ3v) is 3.73. The molecule has 2 rings (SSSR count). The van der Waals surface area contributed by atoms with Crippen molar-refractivity contribution in [3.8, 4) is 5.75 Å². The number of carbonyl (C=O) groups is 1. The van der Waals surface area contributed by atoms with Gasteiger partial charge in [0.25, 0.3) is 5.91 Å². The van der Waals surface area contributed by atoms with Gasteiger partial charge in [0.05, 0.1) is 23.4 Å². The highest BCUT2D eigenvalue weighted by Gasteiger charge is 2.24. The van der Waals surface area contributed by atoms with Crippen LogP contribution in [0.25, 0.3) is 0 Å². The van der Waals surface area contributed by atoms with Crippen LogP contribution in [0.15, 0.2) is 12.1 Å². The maximum Gasteiger partial charge on any atom is 0.255 e. The van der Waals surface area contributed by atoms with Crippen molar-refractivity contribution in [1.82, 2.24) is 9.80 Å². The van der Waals surface area contributed by atoms with Gasteiger partial charge >= 0.3 is 0 Å². The highest BCUT2D eigenvalue weighted by Crippen LogP contribution is 2.34. The number of ether oxygens (including phenoxy) is 1. The summed E-state index contributed by atoms with van der Waals surface area (Å²) in [5, 5.41) is 0.284. The van der Waals surface area contributed by atoms with E-state index in [9.17, 15) is 4.79 Å². The van der Waals surface area contributed by atoms with Gasteiger partial charge in [0.1, 0.15) is 0 Å². The standard InChI is InChI=1S/C13H18ClN3O2/c1-16-5-7-17(8-6-16)13(18)9-3-4-10(15)12(19-2)11(9)14/h3-4H,5-8,15H2,1-2H3. The number of piperazine rings is 1. The highest BCUT2D eigenvalue weighted by atomic mass is 35.5. The minimum absolute atomic E-state index is 0.0728. The van der Waals surface area contributed by atoms with Gasteiger partial charge in [-0.2, -0.15) is 0 Å². The summed E-state index contributed by atoms with van der Waals surface area (Å²) in [5.41, 5.74) is 6.63. The van der Waals surface area contributed by atoms with Gasteiger partial charge in [-0.15, -0.1) is 0 Å². The number of anilines is 1. The summed E-state index contributed by atoms with van der Waals surface area (Å²) in [4.78, 5) is 16.4. The van der Waals surface area contributed by atoms with Crippen LogP contribution in [0, 0.1) is 0 Å². The van der Waals surface area contributed by atoms with Gasteiger partial charge in [-0.3, -0.25) is 4.79 Å². The smallest absolute Gasteiger partial charge is 0.255 e. The molecule has 0 spiro atoms. The van der Waals surface area contributed by atoms with Crippen molar-refractivity contribution in [3.63, 3.8) is 0 Å². The Morgan fingerprint density at radius 1 is 1.32 bits per heavy atom. The number of carbonyl (C=O) groups excluding carboxylic acids is 1. The van der Waals surface area contributed by atoms with Crippen molar-refractivity contribution in [2.24, 2.45) is 0 Å². The lowest BCUT2D eigenvalue weighted by Gasteiger charge is -2.32. The first-order valence-corrected chi connectivity index (χ1v) is 6.52. The van der Waals surface area contributed by atoms with E-state index in [-0.39, 0.29) is 10.9 Å². The minimum Gasteiger partial charge on any atom is -0.493 e. The second kappa shape index (κ2) is 5.67. The molecule has 0 radical (unpaired) electrons. The molecule has 1 amide bonds. The van der Waals surface area contributed by atoms with Gasteiger partial charge in [-0.25, -0.2) is 0 Å². The average molecular weight is 284 g/mol. The van der Waals surface area contributed by atoms with Crippen LogP contribution in [0.2, 0.25) is 5.02 Å². The van der Waals surface area contributed by atoms with Crippen LogP contribution in [0.5, 0.6) is 5.75 Å². The molecule has 6 heteroatoms. The second-order valence-electron chi connectivity index (χ2n) is 4.65. The van der Waals surface area contributed by atoms with Crippen LogP contribution >= 0.6 is 11.6 Å². The molecular weight excluding hydrogens is 266 g/mol. The van der Waals surface area contributed by atoms with E-state index in [0.29, 0.717) is 30.1 Å². The van der Waals surface area contributed by atoms with Crippen molar-refractivity contribution >= 4 is 23.2 Å². The van der Waals surface area contributed by atoms with E-state index in [2.05, 4.69) is 4.90 Å². The van der Waals surface area contributed by atoms with Crippen molar-refractivity contribution < 1.29 is 9.53 Å². The number of rotatable bonds is 2. The normalized spacial score (nSPS) is 16.5. The fourth-order valence-electron chi connectivity index (χ4n) is 2.12. The summed E-state index contributed by atoms with van der Waals surface area (Å²) >= 11 is 6.19. The molecule has 1 aromatic rings. The van der Waals surface area contributed by atoms with Crippen molar-refractivity contribution in [2.75, 3.05) is 46.1 Å². The Kier molecular flexibility index (Phi) is 4.17. The molecule has 0 unspecified atom stereocenters. The number of amides is 1. The third kappa shape index (κ3) is 2.77. The van der Waals surface area contributed by atoms with Gasteiger partial charge in [0, 0.05) is 26.2 Å². The van der Waals surface area contributed by atoms with Crippen molar-refractivity contribution in [2.45, 2.75) is 0 Å². The predicted molar refractivity (Wildman–Crippen MR) is 75.8 cm³/mol. The summed E-state index contributed by atoms with van der Waals surface area (Å²) in [7, 11) is 3.53. The van der Waals surface area contributed by atoms with E-state index in [1.165, 1.54) is 7.11 Å². The molecule has 5 nitrogen and oxygen atoms in total. The van der Waals surface area contributed by atoms with Crippen molar-refractivity contribution in [1.29, 1.82) is 0 Å². The summed E-state index contributed by atoms with van der Waals surface area (Å²) in [6.07, 6.45) is 0. The number of hydrogen-bond acceptors (Lipinski definition) is 4. The van der Waals surface area contributed by atoms with E-state index in [1.54, 1.807) is 17.0 Å². The molecule has 1 aliphatic heterocycles. The molecule has 104 valence electrons. The first kappa shape index (κ1) is 14.0. The van der Waals surface area contributed by atoms with Crippen LogP contribution < -0.4 is 10.5 Å². The SMILES string of the molecule is COc1c(N)ccc(C(=O)N2CCN(C)CC2)c1Cl. The summed E-state index contributed by atoms with van der Waals surface area (Å²) < 4.78 is 5.14. The topological polar surface area (TPSA) is 58.8 Å². The van der Waals surface area contributed by atoms with Gasteiger partial charge in [0.2, 0.25) is 0 Å². The van der Waals surface area contributed by atoms with E-state index in [4.69, 9.17) is 22.1 Å². The van der Waals surface area contributed by atoms with Gasteiger partial charge in [-0.1, -0.05) is 11.6 Å². The largest absolute Gasteiger partial charge is 0.493 e. The monoisotopic (exact) mass is 283 g/mol. The Morgan fingerprint density at radius 2 is 1.95 bits per heavy atom.